The molecule has 4 nitrogen and oxygen atoms in total. The first kappa shape index (κ1) is 19.4. The molecule has 1 amide bonds. The van der Waals surface area contributed by atoms with Gasteiger partial charge < -0.3 is 9.88 Å². The summed E-state index contributed by atoms with van der Waals surface area (Å²) in [4.78, 5) is 17.0. The molecule has 0 bridgehead atoms. The molecule has 3 atom stereocenters. The summed E-state index contributed by atoms with van der Waals surface area (Å²) < 4.78 is 2.27. The first-order chi connectivity index (χ1) is 11.4. The number of nitrogens with one attached hydrogen (secondary N) is 1. The lowest BCUT2D eigenvalue weighted by atomic mass is 9.78. The molecule has 1 fully saturated rings. The first-order valence-electron chi connectivity index (χ1n) is 9.39. The third kappa shape index (κ3) is 4.78. The second kappa shape index (κ2) is 8.93. The Labute approximate surface area is 151 Å². The van der Waals surface area contributed by atoms with Crippen LogP contribution in [0, 0.1) is 25.7 Å². The molecule has 0 aliphatic heterocycles. The smallest absolute Gasteiger partial charge is 0.230 e. The summed E-state index contributed by atoms with van der Waals surface area (Å²) in [6.45, 7) is 11.9. The van der Waals surface area contributed by atoms with Gasteiger partial charge in [-0.15, -0.1) is 0 Å². The van der Waals surface area contributed by atoms with E-state index in [1.807, 2.05) is 6.92 Å². The predicted octanol–water partition coefficient (Wildman–Crippen LogP) is 4.33. The molecular weight excluding hydrogens is 318 g/mol. The van der Waals surface area contributed by atoms with Crippen LogP contribution in [0.5, 0.6) is 0 Å². The summed E-state index contributed by atoms with van der Waals surface area (Å²) in [5.74, 6) is 1.88. The van der Waals surface area contributed by atoms with Gasteiger partial charge in [-0.1, -0.05) is 51.8 Å². The Morgan fingerprint density at radius 1 is 1.33 bits per heavy atom. The number of aromatic nitrogens is 2. The quantitative estimate of drug-likeness (QED) is 0.744. The maximum atomic E-state index is 12.4. The monoisotopic (exact) mass is 351 g/mol. The summed E-state index contributed by atoms with van der Waals surface area (Å²) in [5, 5.41) is 4.24. The van der Waals surface area contributed by atoms with Gasteiger partial charge in [-0.25, -0.2) is 4.98 Å². The van der Waals surface area contributed by atoms with E-state index >= 15 is 0 Å². The van der Waals surface area contributed by atoms with Crippen LogP contribution >= 0.6 is 11.8 Å². The Kier molecular flexibility index (Phi) is 7.20. The highest BCUT2D eigenvalue weighted by atomic mass is 32.2. The van der Waals surface area contributed by atoms with Gasteiger partial charge in [0.05, 0.1) is 11.4 Å². The van der Waals surface area contributed by atoms with Crippen LogP contribution in [-0.4, -0.2) is 27.3 Å². The van der Waals surface area contributed by atoms with Gasteiger partial charge in [0.25, 0.3) is 0 Å². The Morgan fingerprint density at radius 3 is 2.79 bits per heavy atom. The van der Waals surface area contributed by atoms with Gasteiger partial charge in [-0.3, -0.25) is 4.79 Å². The van der Waals surface area contributed by atoms with E-state index in [0.29, 0.717) is 23.6 Å². The number of hydrogen-bond acceptors (Lipinski definition) is 3. The van der Waals surface area contributed by atoms with Crippen LogP contribution in [0.1, 0.15) is 64.3 Å². The number of imidazole rings is 1. The van der Waals surface area contributed by atoms with Crippen molar-refractivity contribution in [3.05, 3.63) is 11.4 Å². The zero-order valence-corrected chi connectivity index (χ0v) is 16.7. The fourth-order valence-electron chi connectivity index (χ4n) is 3.48. The summed E-state index contributed by atoms with van der Waals surface area (Å²) in [7, 11) is 0. The van der Waals surface area contributed by atoms with Crippen LogP contribution in [0.3, 0.4) is 0 Å². The molecule has 1 N–H and O–H groups in total. The van der Waals surface area contributed by atoms with Crippen LogP contribution in [-0.2, 0) is 11.3 Å². The minimum atomic E-state index is 0.145. The maximum absolute atomic E-state index is 12.4. The number of carbonyl (C=O) groups is 1. The molecule has 3 unspecified atom stereocenters. The average Bonchev–Trinajstić information content (AvgIpc) is 2.82. The number of thioether (sulfide) groups is 1. The van der Waals surface area contributed by atoms with E-state index in [-0.39, 0.29) is 5.91 Å². The molecule has 2 rings (SSSR count). The van der Waals surface area contributed by atoms with Gasteiger partial charge in [0.2, 0.25) is 5.91 Å². The van der Waals surface area contributed by atoms with Crippen molar-refractivity contribution in [3.8, 4) is 0 Å². The lowest BCUT2D eigenvalue weighted by molar-refractivity contribution is -0.120. The molecule has 0 saturated heterocycles. The number of aryl methyl sites for hydroxylation is 1. The van der Waals surface area contributed by atoms with Crippen LogP contribution in [0.25, 0.3) is 0 Å². The topological polar surface area (TPSA) is 46.9 Å². The Balaban J connectivity index is 1.90. The number of hydrogen-bond donors (Lipinski definition) is 1. The van der Waals surface area contributed by atoms with Crippen molar-refractivity contribution in [2.24, 2.45) is 11.8 Å². The molecule has 0 spiro atoms. The van der Waals surface area contributed by atoms with E-state index in [0.717, 1.165) is 30.2 Å². The fourth-order valence-corrected chi connectivity index (χ4v) is 4.41. The van der Waals surface area contributed by atoms with E-state index in [1.54, 1.807) is 11.8 Å². The lowest BCUT2D eigenvalue weighted by Crippen LogP contribution is -2.44. The minimum Gasteiger partial charge on any atom is -0.352 e. The third-order valence-corrected chi connectivity index (χ3v) is 6.52. The number of unbranched alkanes of at least 4 members (excludes halogenated alkanes) is 1. The molecule has 0 radical (unpaired) electrons. The van der Waals surface area contributed by atoms with E-state index in [4.69, 9.17) is 0 Å². The molecule has 5 heteroatoms. The molecule has 1 aliphatic carbocycles. The zero-order chi connectivity index (χ0) is 17.7. The van der Waals surface area contributed by atoms with E-state index < -0.39 is 0 Å². The average molecular weight is 352 g/mol. The zero-order valence-electron chi connectivity index (χ0n) is 15.9. The number of carbonyl (C=O) groups excluding carboxylic acids is 1. The SMILES string of the molecule is CCCCn1c(SCC(=O)NC2CCCC(C)C2C)nc(C)c1C. The standard InChI is InChI=1S/C19H33N3OS/c1-6-7-11-22-16(5)15(4)20-19(22)24-12-18(23)21-17-10-8-9-13(2)14(17)3/h13-14,17H,6-12H2,1-5H3,(H,21,23). The molecule has 1 aromatic heterocycles. The van der Waals surface area contributed by atoms with Crippen molar-refractivity contribution in [1.29, 1.82) is 0 Å². The van der Waals surface area contributed by atoms with Gasteiger partial charge in [-0.2, -0.15) is 0 Å². The number of nitrogens with zero attached hydrogens (tertiary/aromatic N) is 2. The van der Waals surface area contributed by atoms with Crippen molar-refractivity contribution in [1.82, 2.24) is 14.9 Å². The summed E-state index contributed by atoms with van der Waals surface area (Å²) in [6, 6.07) is 0.338. The van der Waals surface area contributed by atoms with Crippen molar-refractivity contribution in [2.75, 3.05) is 5.75 Å². The molecular formula is C19H33N3OS. The summed E-state index contributed by atoms with van der Waals surface area (Å²) in [5.41, 5.74) is 2.30. The van der Waals surface area contributed by atoms with E-state index in [1.165, 1.54) is 25.0 Å². The number of rotatable bonds is 7. The van der Waals surface area contributed by atoms with Crippen LogP contribution < -0.4 is 5.32 Å². The van der Waals surface area contributed by atoms with E-state index in [2.05, 4.69) is 42.6 Å². The van der Waals surface area contributed by atoms with Crippen molar-refractivity contribution >= 4 is 17.7 Å². The van der Waals surface area contributed by atoms with Crippen LogP contribution in [0.15, 0.2) is 5.16 Å². The van der Waals surface area contributed by atoms with Crippen molar-refractivity contribution < 1.29 is 4.79 Å². The van der Waals surface area contributed by atoms with Gasteiger partial charge in [0, 0.05) is 18.3 Å². The van der Waals surface area contributed by atoms with Gasteiger partial charge in [0.1, 0.15) is 0 Å². The Morgan fingerprint density at radius 2 is 2.08 bits per heavy atom. The minimum absolute atomic E-state index is 0.145. The molecule has 136 valence electrons. The Bertz CT molecular complexity index is 555. The Hall–Kier alpha value is -0.970. The van der Waals surface area contributed by atoms with Crippen molar-refractivity contribution in [3.63, 3.8) is 0 Å². The summed E-state index contributed by atoms with van der Waals surface area (Å²) >= 11 is 1.57. The third-order valence-electron chi connectivity index (χ3n) is 5.54. The number of amides is 1. The predicted molar refractivity (Wildman–Crippen MR) is 101 cm³/mol. The lowest BCUT2D eigenvalue weighted by Gasteiger charge is -2.34. The molecule has 1 aromatic rings. The molecule has 1 saturated carbocycles. The summed E-state index contributed by atoms with van der Waals surface area (Å²) in [6.07, 6.45) is 5.94. The highest BCUT2D eigenvalue weighted by Crippen LogP contribution is 2.29. The first-order valence-corrected chi connectivity index (χ1v) is 10.4. The van der Waals surface area contributed by atoms with Gasteiger partial charge in [-0.05, 0) is 38.5 Å². The second-order valence-corrected chi connectivity index (χ2v) is 8.24. The van der Waals surface area contributed by atoms with Gasteiger partial charge in [0.15, 0.2) is 5.16 Å². The van der Waals surface area contributed by atoms with Gasteiger partial charge >= 0.3 is 0 Å². The van der Waals surface area contributed by atoms with Crippen LogP contribution in [0.2, 0.25) is 0 Å². The molecule has 1 aliphatic rings. The van der Waals surface area contributed by atoms with E-state index in [9.17, 15) is 4.79 Å². The van der Waals surface area contributed by atoms with Crippen molar-refractivity contribution in [2.45, 2.75) is 84.5 Å². The normalized spacial score (nSPS) is 24.1. The second-order valence-electron chi connectivity index (χ2n) is 7.30. The molecule has 0 aromatic carbocycles. The highest BCUT2D eigenvalue weighted by molar-refractivity contribution is 7.99. The maximum Gasteiger partial charge on any atom is 0.230 e. The highest BCUT2D eigenvalue weighted by Gasteiger charge is 2.28. The largest absolute Gasteiger partial charge is 0.352 e. The fraction of sp³-hybridized carbons (Fsp3) is 0.789. The van der Waals surface area contributed by atoms with Crippen LogP contribution in [0.4, 0.5) is 0 Å². The molecule has 24 heavy (non-hydrogen) atoms. The molecule has 1 heterocycles.